The average Bonchev–Trinajstić information content (AvgIpc) is 3.65. The van der Waals surface area contributed by atoms with Gasteiger partial charge in [0.05, 0.1) is 0 Å². The van der Waals surface area contributed by atoms with Gasteiger partial charge in [0, 0.05) is 26.4 Å². The van der Waals surface area contributed by atoms with Gasteiger partial charge in [-0.1, -0.05) is 155 Å². The van der Waals surface area contributed by atoms with Crippen LogP contribution in [0, 0.1) is 0 Å². The van der Waals surface area contributed by atoms with E-state index in [9.17, 15) is 0 Å². The molecule has 2 aromatic rings. The molecular weight excluding hydrogens is 637 g/mol. The molecule has 2 aromatic carbocycles. The summed E-state index contributed by atoms with van der Waals surface area (Å²) in [5, 5.41) is 0. The minimum absolute atomic E-state index is 0. The van der Waals surface area contributed by atoms with Gasteiger partial charge in [0.25, 0.3) is 0 Å². The fourth-order valence-electron chi connectivity index (χ4n) is 3.90. The average molecular weight is 701 g/mol. The Labute approximate surface area is 349 Å². The summed E-state index contributed by atoms with van der Waals surface area (Å²) in [5.74, 6) is 0. The van der Waals surface area contributed by atoms with Crippen LogP contribution in [0.25, 0.3) is 19.9 Å². The van der Waals surface area contributed by atoms with Crippen molar-refractivity contribution in [2.45, 2.75) is 117 Å². The summed E-state index contributed by atoms with van der Waals surface area (Å²) < 4.78 is 9.89. The van der Waals surface area contributed by atoms with E-state index in [4.69, 9.17) is 29.4 Å². The van der Waals surface area contributed by atoms with Crippen molar-refractivity contribution in [3.8, 4) is 0 Å². The molecule has 4 rings (SSSR count). The molecule has 48 heavy (non-hydrogen) atoms. The standard InChI is InChI=1S/2C13H24N2Si2.2C4H8O.4Li/c2*1-16(2,3)14-11-12-9-7-8-10-13(12)15-17(4,5)6;2*1-2-4-5-3-1;;;;/h2*7-10H,11H2,1-6H3;2*1-4H2;;;;/q2*-2;;;4*+1. The monoisotopic (exact) mass is 700 g/mol. The topological polar surface area (TPSA) is 74.9 Å². The second-order valence-electron chi connectivity index (χ2n) is 15.4. The van der Waals surface area contributed by atoms with E-state index >= 15 is 0 Å². The smallest absolute Gasteiger partial charge is 0.687 e. The molecule has 0 amide bonds. The molecule has 0 aromatic heterocycles. The third-order valence-electron chi connectivity index (χ3n) is 6.00. The van der Waals surface area contributed by atoms with Crippen LogP contribution < -0.4 is 75.4 Å². The van der Waals surface area contributed by atoms with Gasteiger partial charge in [-0.25, -0.2) is 0 Å². The van der Waals surface area contributed by atoms with Crippen LogP contribution in [0.2, 0.25) is 78.6 Å². The van der Waals surface area contributed by atoms with E-state index in [0.29, 0.717) is 0 Å². The molecule has 2 aliphatic heterocycles. The van der Waals surface area contributed by atoms with Crippen LogP contribution in [0.5, 0.6) is 0 Å². The molecule has 6 nitrogen and oxygen atoms in total. The van der Waals surface area contributed by atoms with Crippen LogP contribution in [-0.4, -0.2) is 59.4 Å². The van der Waals surface area contributed by atoms with Gasteiger partial charge in [-0.2, -0.15) is 0 Å². The summed E-state index contributed by atoms with van der Waals surface area (Å²) in [5.41, 5.74) is 4.84. The molecule has 0 spiro atoms. The number of nitrogens with zero attached hydrogens (tertiary/aromatic N) is 4. The Morgan fingerprint density at radius 3 is 0.917 bits per heavy atom. The van der Waals surface area contributed by atoms with Crippen LogP contribution in [-0.2, 0) is 22.6 Å². The Hall–Kier alpha value is 1.14. The van der Waals surface area contributed by atoms with Crippen LogP contribution in [0.15, 0.2) is 48.5 Å². The summed E-state index contributed by atoms with van der Waals surface area (Å²) in [7, 11) is -5.47. The Kier molecular flexibility index (Phi) is 33.3. The molecule has 0 radical (unpaired) electrons. The first-order valence-corrected chi connectivity index (χ1v) is 30.3. The molecule has 14 heteroatoms. The fraction of sp³-hybridized carbons (Fsp3) is 0.647. The van der Waals surface area contributed by atoms with Gasteiger partial charge in [0.2, 0.25) is 0 Å². The molecular formula is C34H64Li4N4O2Si4. The summed E-state index contributed by atoms with van der Waals surface area (Å²) in [6.07, 6.45) is 5.11. The van der Waals surface area contributed by atoms with Crippen molar-refractivity contribution in [1.82, 2.24) is 0 Å². The van der Waals surface area contributed by atoms with Crippen LogP contribution in [0.3, 0.4) is 0 Å². The number of ether oxygens (including phenoxy) is 2. The first kappa shape index (κ1) is 55.9. The molecule has 2 saturated heterocycles. The molecule has 2 fully saturated rings. The molecule has 0 unspecified atom stereocenters. The minimum Gasteiger partial charge on any atom is -0.687 e. The number of benzene rings is 2. The minimum atomic E-state index is -1.41. The van der Waals surface area contributed by atoms with E-state index in [1.54, 1.807) is 0 Å². The summed E-state index contributed by atoms with van der Waals surface area (Å²) in [4.78, 5) is 19.4. The number of hydrogen-bond acceptors (Lipinski definition) is 2. The molecule has 2 heterocycles. The van der Waals surface area contributed by atoms with Crippen LogP contribution >= 0.6 is 0 Å². The van der Waals surface area contributed by atoms with Gasteiger partial charge < -0.3 is 29.4 Å². The van der Waals surface area contributed by atoms with Crippen molar-refractivity contribution in [3.05, 3.63) is 79.6 Å². The zero-order chi connectivity index (χ0) is 33.3. The normalized spacial score (nSPS) is 13.9. The molecule has 252 valence electrons. The molecule has 2 aliphatic rings. The van der Waals surface area contributed by atoms with Crippen LogP contribution in [0.1, 0.15) is 36.8 Å². The van der Waals surface area contributed by atoms with Gasteiger partial charge in [0.1, 0.15) is 0 Å². The quantitative estimate of drug-likeness (QED) is 0.330. The van der Waals surface area contributed by atoms with Gasteiger partial charge in [0.15, 0.2) is 0 Å². The predicted molar refractivity (Wildman–Crippen MR) is 207 cm³/mol. The van der Waals surface area contributed by atoms with E-state index in [-0.39, 0.29) is 75.4 Å². The van der Waals surface area contributed by atoms with E-state index in [0.717, 1.165) is 50.9 Å². The number of rotatable bonds is 10. The largest absolute Gasteiger partial charge is 1.00 e. The van der Waals surface area contributed by atoms with Gasteiger partial charge in [-0.3, -0.25) is 0 Å². The van der Waals surface area contributed by atoms with Crippen molar-refractivity contribution in [1.29, 1.82) is 0 Å². The zero-order valence-electron chi connectivity index (χ0n) is 34.3. The maximum absolute atomic E-state index is 4.94. The second kappa shape index (κ2) is 28.6. The van der Waals surface area contributed by atoms with Crippen molar-refractivity contribution in [2.24, 2.45) is 0 Å². The van der Waals surface area contributed by atoms with E-state index in [1.165, 1.54) is 36.8 Å². The van der Waals surface area contributed by atoms with Crippen molar-refractivity contribution < 1.29 is 84.9 Å². The SMILES string of the molecule is C1CCOC1.C1CCOC1.C[Si](C)(C)[N-]Cc1ccccc1[N-][Si](C)(C)C.C[Si](C)(C)[N-]Cc1ccccc1[N-][Si](C)(C)C.[Li+].[Li+].[Li+].[Li+]. The maximum Gasteiger partial charge on any atom is 1.00 e. The Bertz CT molecular complexity index is 958. The first-order valence-electron chi connectivity index (χ1n) is 16.5. The summed E-state index contributed by atoms with van der Waals surface area (Å²) >= 11 is 0. The molecule has 0 atom stereocenters. The Balaban J connectivity index is -0.000000292. The predicted octanol–water partition coefficient (Wildman–Crippen LogP) is 0.0802. The maximum atomic E-state index is 4.94. The third kappa shape index (κ3) is 33.0. The number of hydrogen-bond donors (Lipinski definition) is 0. The van der Waals surface area contributed by atoms with Gasteiger partial charge in [-0.15, -0.1) is 24.5 Å². The van der Waals surface area contributed by atoms with Crippen molar-refractivity contribution in [2.75, 3.05) is 26.4 Å². The molecule has 0 aliphatic carbocycles. The van der Waals surface area contributed by atoms with Gasteiger partial charge in [-0.05, 0) is 42.2 Å². The van der Waals surface area contributed by atoms with Crippen molar-refractivity contribution in [3.63, 3.8) is 0 Å². The van der Waals surface area contributed by atoms with Crippen LogP contribution in [0.4, 0.5) is 11.4 Å². The Morgan fingerprint density at radius 1 is 0.438 bits per heavy atom. The van der Waals surface area contributed by atoms with Crippen molar-refractivity contribution >= 4 is 44.3 Å². The van der Waals surface area contributed by atoms with E-state index in [1.807, 2.05) is 0 Å². The molecule has 0 saturated carbocycles. The van der Waals surface area contributed by atoms with E-state index < -0.39 is 32.9 Å². The second-order valence-corrected chi connectivity index (χ2v) is 33.9. The van der Waals surface area contributed by atoms with Gasteiger partial charge >= 0.3 is 75.4 Å². The molecule has 0 N–H and O–H groups in total. The Morgan fingerprint density at radius 2 is 0.708 bits per heavy atom. The fourth-order valence-corrected chi connectivity index (χ4v) is 7.07. The summed E-state index contributed by atoms with van der Waals surface area (Å²) in [6, 6.07) is 16.8. The first-order chi connectivity index (χ1) is 20.3. The third-order valence-corrected chi connectivity index (χ3v) is 10.0. The molecule has 0 bridgehead atoms. The van der Waals surface area contributed by atoms with E-state index in [2.05, 4.69) is 127 Å². The zero-order valence-corrected chi connectivity index (χ0v) is 38.3. The summed E-state index contributed by atoms with van der Waals surface area (Å²) in [6.45, 7) is 32.8.